The van der Waals surface area contributed by atoms with Crippen LogP contribution in [0.15, 0.2) is 35.9 Å². The van der Waals surface area contributed by atoms with Gasteiger partial charge in [0.1, 0.15) is 17.2 Å². The minimum absolute atomic E-state index is 0.0520. The molecule has 164 valence electrons. The van der Waals surface area contributed by atoms with Gasteiger partial charge in [0.15, 0.2) is 17.2 Å². The molecule has 1 fully saturated rings. The molecule has 2 aromatic rings. The number of nitrogens with two attached hydrogens (primary N) is 2. The minimum atomic E-state index is -0.475. The first-order valence-electron chi connectivity index (χ1n) is 9.89. The van der Waals surface area contributed by atoms with Crippen LogP contribution in [0.1, 0.15) is 37.7 Å². The number of rotatable bonds is 2. The Bertz CT molecular complexity index is 854. The summed E-state index contributed by atoms with van der Waals surface area (Å²) >= 11 is 0. The fourth-order valence-electron chi connectivity index (χ4n) is 3.04. The minimum Gasteiger partial charge on any atom is -0.508 e. The lowest BCUT2D eigenvalue weighted by atomic mass is 9.83. The van der Waals surface area contributed by atoms with E-state index in [1.165, 1.54) is 41.8 Å². The number of aromatic hydroxyl groups is 5. The summed E-state index contributed by atoms with van der Waals surface area (Å²) in [6, 6.07) is 6.97. The number of phenolic OH excluding ortho intramolecular Hbond substituents is 5. The quantitative estimate of drug-likeness (QED) is 0.366. The molecule has 0 atom stereocenters. The van der Waals surface area contributed by atoms with Crippen molar-refractivity contribution in [3.05, 3.63) is 41.5 Å². The van der Waals surface area contributed by atoms with E-state index in [0.717, 1.165) is 44.3 Å². The molecule has 0 spiro atoms. The zero-order valence-electron chi connectivity index (χ0n) is 16.8. The maximum Gasteiger partial charge on any atom is 0.200 e. The summed E-state index contributed by atoms with van der Waals surface area (Å²) in [7, 11) is 0. The van der Waals surface area contributed by atoms with E-state index >= 15 is 0 Å². The van der Waals surface area contributed by atoms with Crippen molar-refractivity contribution in [2.24, 2.45) is 11.5 Å². The molecule has 0 radical (unpaired) electrons. The van der Waals surface area contributed by atoms with Crippen LogP contribution in [0.5, 0.6) is 34.5 Å². The molecule has 30 heavy (non-hydrogen) atoms. The van der Waals surface area contributed by atoms with Gasteiger partial charge in [-0.15, -0.1) is 0 Å². The Labute approximate surface area is 175 Å². The summed E-state index contributed by atoms with van der Waals surface area (Å²) < 4.78 is 5.48. The van der Waals surface area contributed by atoms with Gasteiger partial charge in [-0.3, -0.25) is 0 Å². The number of hydrogen-bond acceptors (Lipinski definition) is 8. The summed E-state index contributed by atoms with van der Waals surface area (Å²) in [5.41, 5.74) is 13.6. The van der Waals surface area contributed by atoms with Crippen molar-refractivity contribution in [3.63, 3.8) is 0 Å². The van der Waals surface area contributed by atoms with Crippen molar-refractivity contribution in [1.29, 1.82) is 0 Å². The second-order valence-electron chi connectivity index (χ2n) is 6.95. The fraction of sp³-hybridized carbons (Fsp3) is 0.364. The largest absolute Gasteiger partial charge is 0.508 e. The van der Waals surface area contributed by atoms with E-state index in [1.54, 1.807) is 6.07 Å². The second kappa shape index (κ2) is 11.2. The van der Waals surface area contributed by atoms with Crippen molar-refractivity contribution >= 4 is 5.57 Å². The molecule has 1 heterocycles. The van der Waals surface area contributed by atoms with Gasteiger partial charge in [0.2, 0.25) is 0 Å². The van der Waals surface area contributed by atoms with Gasteiger partial charge in [-0.05, 0) is 56.5 Å². The number of para-hydroxylation sites is 1. The van der Waals surface area contributed by atoms with Crippen LogP contribution in [-0.2, 0) is 0 Å². The molecule has 8 heteroatoms. The van der Waals surface area contributed by atoms with E-state index in [-0.39, 0.29) is 23.0 Å². The third-order valence-electron chi connectivity index (χ3n) is 4.76. The highest BCUT2D eigenvalue weighted by atomic mass is 16.5. The zero-order valence-corrected chi connectivity index (χ0v) is 16.8. The Morgan fingerprint density at radius 2 is 1.47 bits per heavy atom. The molecule has 9 N–H and O–H groups in total. The van der Waals surface area contributed by atoms with Crippen LogP contribution in [0.4, 0.5) is 0 Å². The average molecular weight is 418 g/mol. The lowest BCUT2D eigenvalue weighted by molar-refractivity contribution is 0.309. The maximum atomic E-state index is 9.90. The van der Waals surface area contributed by atoms with Gasteiger partial charge in [0.05, 0.1) is 12.2 Å². The normalized spacial score (nSPS) is 14.2. The van der Waals surface area contributed by atoms with Gasteiger partial charge < -0.3 is 41.7 Å². The van der Waals surface area contributed by atoms with Gasteiger partial charge in [-0.25, -0.2) is 0 Å². The third-order valence-corrected chi connectivity index (χ3v) is 4.76. The first kappa shape index (κ1) is 23.2. The fourth-order valence-corrected chi connectivity index (χ4v) is 3.04. The summed E-state index contributed by atoms with van der Waals surface area (Å²) in [5, 5.41) is 45.4. The first-order chi connectivity index (χ1) is 14.4. The molecule has 1 saturated carbocycles. The number of hydrogen-bond donors (Lipinski definition) is 7. The maximum absolute atomic E-state index is 9.90. The van der Waals surface area contributed by atoms with E-state index < -0.39 is 5.75 Å². The van der Waals surface area contributed by atoms with Gasteiger partial charge in [-0.2, -0.15) is 0 Å². The van der Waals surface area contributed by atoms with Crippen molar-refractivity contribution in [2.45, 2.75) is 32.1 Å². The topological polar surface area (TPSA) is 162 Å². The lowest BCUT2D eigenvalue weighted by Gasteiger charge is -2.28. The smallest absolute Gasteiger partial charge is 0.200 e. The monoisotopic (exact) mass is 418 g/mol. The van der Waals surface area contributed by atoms with Crippen molar-refractivity contribution in [2.75, 3.05) is 19.7 Å². The highest BCUT2D eigenvalue weighted by molar-refractivity contribution is 5.80. The number of benzene rings is 2. The molecule has 0 unspecified atom stereocenters. The third kappa shape index (κ3) is 5.95. The standard InChI is InChI=1S/C13H14O3.C6H6O3.C3H10N2/c14-9-6-11(15)13-10(8-2-1-3-8)4-5-16-12(13)7-9;7-4-2-1-3-5(8)6(4)9;4-2-1-3-5/h6-7,14-15H,1-5H2;1-3,7-9H;1-5H2. The number of ether oxygens (including phenoxy) is 1. The van der Waals surface area contributed by atoms with Crippen molar-refractivity contribution in [1.82, 2.24) is 0 Å². The Kier molecular flexibility index (Phi) is 8.64. The zero-order chi connectivity index (χ0) is 22.1. The van der Waals surface area contributed by atoms with Gasteiger partial charge >= 0.3 is 0 Å². The molecule has 0 bridgehead atoms. The van der Waals surface area contributed by atoms with E-state index in [9.17, 15) is 10.2 Å². The van der Waals surface area contributed by atoms with Crippen LogP contribution in [-0.4, -0.2) is 45.2 Å². The Morgan fingerprint density at radius 3 is 1.93 bits per heavy atom. The van der Waals surface area contributed by atoms with Crippen LogP contribution in [0.2, 0.25) is 0 Å². The molecule has 2 aromatic carbocycles. The summed E-state index contributed by atoms with van der Waals surface area (Å²) in [6.07, 6.45) is 5.32. The van der Waals surface area contributed by atoms with Crippen LogP contribution in [0.25, 0.3) is 5.57 Å². The van der Waals surface area contributed by atoms with Crippen LogP contribution in [0, 0.1) is 0 Å². The van der Waals surface area contributed by atoms with E-state index in [4.69, 9.17) is 31.5 Å². The Balaban J connectivity index is 0.000000194. The Hall–Kier alpha value is -3.10. The van der Waals surface area contributed by atoms with Crippen LogP contribution < -0.4 is 16.2 Å². The summed E-state index contributed by atoms with van der Waals surface area (Å²) in [4.78, 5) is 0. The number of allylic oxidation sites excluding steroid dienone is 1. The van der Waals surface area contributed by atoms with Crippen LogP contribution in [0.3, 0.4) is 0 Å². The molecule has 2 aliphatic rings. The van der Waals surface area contributed by atoms with E-state index in [1.807, 2.05) is 0 Å². The van der Waals surface area contributed by atoms with Gasteiger partial charge in [0.25, 0.3) is 0 Å². The van der Waals surface area contributed by atoms with Gasteiger partial charge in [-0.1, -0.05) is 11.6 Å². The van der Waals surface area contributed by atoms with Crippen LogP contribution >= 0.6 is 0 Å². The molecule has 1 aliphatic carbocycles. The highest BCUT2D eigenvalue weighted by Gasteiger charge is 2.25. The molecule has 0 aromatic heterocycles. The van der Waals surface area contributed by atoms with Gasteiger partial charge in [0, 0.05) is 18.6 Å². The number of phenols is 5. The van der Waals surface area contributed by atoms with Crippen molar-refractivity contribution in [3.8, 4) is 34.5 Å². The SMILES string of the molecule is NCCCN.Oc1cc(O)c2c(c1)OCCC2=C1CCC1.Oc1cccc(O)c1O. The van der Waals surface area contributed by atoms with E-state index in [2.05, 4.69) is 0 Å². The summed E-state index contributed by atoms with van der Waals surface area (Å²) in [5.74, 6) is -0.305. The summed E-state index contributed by atoms with van der Waals surface area (Å²) in [6.45, 7) is 2.07. The molecule has 0 amide bonds. The lowest BCUT2D eigenvalue weighted by Crippen LogP contribution is -2.12. The predicted molar refractivity (Wildman–Crippen MR) is 115 cm³/mol. The molecule has 4 rings (SSSR count). The highest BCUT2D eigenvalue weighted by Crippen LogP contribution is 2.46. The molecule has 8 nitrogen and oxygen atoms in total. The van der Waals surface area contributed by atoms with E-state index in [0.29, 0.717) is 12.4 Å². The molecule has 0 saturated heterocycles. The first-order valence-corrected chi connectivity index (χ1v) is 9.89. The molecular weight excluding hydrogens is 388 g/mol. The number of fused-ring (bicyclic) bond motifs is 1. The van der Waals surface area contributed by atoms with Crippen molar-refractivity contribution < 1.29 is 30.3 Å². The Morgan fingerprint density at radius 1 is 0.833 bits per heavy atom. The molecular formula is C22H30N2O6. The second-order valence-corrected chi connectivity index (χ2v) is 6.95. The predicted octanol–water partition coefficient (Wildman–Crippen LogP) is 2.92. The average Bonchev–Trinajstić information content (AvgIpc) is 2.66. The molecule has 1 aliphatic heterocycles.